The number of aromatic nitrogens is 2. The molecule has 0 saturated carbocycles. The number of aryl methyl sites for hydroxylation is 3. The molecule has 0 saturated heterocycles. The highest BCUT2D eigenvalue weighted by atomic mass is 32.1. The zero-order chi connectivity index (χ0) is 13.4. The molecule has 0 unspecified atom stereocenters. The quantitative estimate of drug-likeness (QED) is 0.770. The molecule has 0 fully saturated rings. The fourth-order valence-corrected chi connectivity index (χ4v) is 2.57. The molecule has 1 aromatic carbocycles. The Morgan fingerprint density at radius 3 is 2.00 bits per heavy atom. The summed E-state index contributed by atoms with van der Waals surface area (Å²) in [4.78, 5) is 7.52. The minimum absolute atomic E-state index is 0.544. The number of hydrogen-bond acceptors (Lipinski definition) is 2. The predicted molar refractivity (Wildman–Crippen MR) is 78.5 cm³/mol. The summed E-state index contributed by atoms with van der Waals surface area (Å²) in [5.41, 5.74) is 8.39. The van der Waals surface area contributed by atoms with Gasteiger partial charge in [0.1, 0.15) is 0 Å². The second-order valence-corrected chi connectivity index (χ2v) is 5.28. The third-order valence-corrected chi connectivity index (χ3v) is 3.69. The minimum Gasteiger partial charge on any atom is -0.335 e. The van der Waals surface area contributed by atoms with E-state index in [1.54, 1.807) is 0 Å². The number of hydrogen-bond donors (Lipinski definition) is 1. The third kappa shape index (κ3) is 2.23. The first kappa shape index (κ1) is 13.0. The van der Waals surface area contributed by atoms with E-state index in [1.165, 1.54) is 27.8 Å². The number of rotatable bonds is 1. The maximum Gasteiger partial charge on any atom is 0.197 e. The molecule has 2 nitrogen and oxygen atoms in total. The molecule has 0 aliphatic carbocycles. The van der Waals surface area contributed by atoms with E-state index in [4.69, 9.17) is 12.2 Å². The zero-order valence-electron chi connectivity index (χ0n) is 11.5. The Hall–Kier alpha value is -1.48. The van der Waals surface area contributed by atoms with Crippen molar-refractivity contribution in [3.05, 3.63) is 44.9 Å². The number of benzene rings is 1. The van der Waals surface area contributed by atoms with Gasteiger partial charge in [0.25, 0.3) is 0 Å². The standard InChI is InChI=1S/C15H18N2S/c1-8-6-9(2)12(5)14(11(8)4)13-7-10(3)16-15(18)17-13/h6-7H,1-5H3,(H,16,17,18). The van der Waals surface area contributed by atoms with Crippen LogP contribution in [0.15, 0.2) is 12.1 Å². The van der Waals surface area contributed by atoms with Crippen LogP contribution >= 0.6 is 12.2 Å². The highest BCUT2D eigenvalue weighted by molar-refractivity contribution is 7.71. The topological polar surface area (TPSA) is 28.7 Å². The summed E-state index contributed by atoms with van der Waals surface area (Å²) in [6.07, 6.45) is 0. The highest BCUT2D eigenvalue weighted by Crippen LogP contribution is 2.30. The van der Waals surface area contributed by atoms with Crippen molar-refractivity contribution in [2.24, 2.45) is 0 Å². The van der Waals surface area contributed by atoms with Gasteiger partial charge in [-0.3, -0.25) is 0 Å². The maximum absolute atomic E-state index is 5.17. The van der Waals surface area contributed by atoms with Gasteiger partial charge in [0, 0.05) is 11.3 Å². The Morgan fingerprint density at radius 2 is 1.50 bits per heavy atom. The Kier molecular flexibility index (Phi) is 3.35. The van der Waals surface area contributed by atoms with Crippen LogP contribution in [0.25, 0.3) is 11.3 Å². The fraction of sp³-hybridized carbons (Fsp3) is 0.333. The lowest BCUT2D eigenvalue weighted by Gasteiger charge is -2.15. The van der Waals surface area contributed by atoms with E-state index >= 15 is 0 Å². The first-order valence-electron chi connectivity index (χ1n) is 6.06. The average Bonchev–Trinajstić information content (AvgIpc) is 2.25. The van der Waals surface area contributed by atoms with Crippen LogP contribution in [0, 0.1) is 39.4 Å². The van der Waals surface area contributed by atoms with Crippen LogP contribution in [0.4, 0.5) is 0 Å². The van der Waals surface area contributed by atoms with Crippen molar-refractivity contribution in [2.75, 3.05) is 0 Å². The van der Waals surface area contributed by atoms with Gasteiger partial charge in [0.2, 0.25) is 0 Å². The highest BCUT2D eigenvalue weighted by Gasteiger charge is 2.12. The van der Waals surface area contributed by atoms with Gasteiger partial charge >= 0.3 is 0 Å². The Labute approximate surface area is 113 Å². The number of aromatic amines is 1. The molecule has 0 aliphatic heterocycles. The van der Waals surface area contributed by atoms with Gasteiger partial charge in [0.05, 0.1) is 5.69 Å². The molecule has 0 radical (unpaired) electrons. The Morgan fingerprint density at radius 1 is 0.944 bits per heavy atom. The van der Waals surface area contributed by atoms with Crippen molar-refractivity contribution in [3.8, 4) is 11.3 Å². The van der Waals surface area contributed by atoms with Crippen molar-refractivity contribution < 1.29 is 0 Å². The van der Waals surface area contributed by atoms with Gasteiger partial charge in [-0.1, -0.05) is 6.07 Å². The van der Waals surface area contributed by atoms with Crippen molar-refractivity contribution in [1.82, 2.24) is 9.97 Å². The van der Waals surface area contributed by atoms with Gasteiger partial charge in [-0.25, -0.2) is 4.98 Å². The van der Waals surface area contributed by atoms with Crippen LogP contribution in [-0.2, 0) is 0 Å². The van der Waals surface area contributed by atoms with Crippen LogP contribution < -0.4 is 0 Å². The lowest BCUT2D eigenvalue weighted by Crippen LogP contribution is -1.98. The molecular formula is C15H18N2S. The lowest BCUT2D eigenvalue weighted by molar-refractivity contribution is 1.07. The molecule has 0 aliphatic rings. The number of nitrogens with zero attached hydrogens (tertiary/aromatic N) is 1. The van der Waals surface area contributed by atoms with Crippen LogP contribution in [0.5, 0.6) is 0 Å². The van der Waals surface area contributed by atoms with Crippen molar-refractivity contribution >= 4 is 12.2 Å². The molecule has 18 heavy (non-hydrogen) atoms. The third-order valence-electron chi connectivity index (χ3n) is 3.50. The first-order valence-corrected chi connectivity index (χ1v) is 6.46. The SMILES string of the molecule is Cc1cc(-c2c(C)c(C)cc(C)c2C)nc(=S)[nH]1. The molecule has 1 N–H and O–H groups in total. The van der Waals surface area contributed by atoms with Crippen molar-refractivity contribution in [1.29, 1.82) is 0 Å². The molecule has 0 spiro atoms. The normalized spacial score (nSPS) is 10.7. The van der Waals surface area contributed by atoms with Crippen LogP contribution in [0.3, 0.4) is 0 Å². The number of H-pyrrole nitrogens is 1. The fourth-order valence-electron chi connectivity index (χ4n) is 2.31. The molecule has 94 valence electrons. The van der Waals surface area contributed by atoms with Gasteiger partial charge < -0.3 is 4.98 Å². The van der Waals surface area contributed by atoms with Gasteiger partial charge in [-0.15, -0.1) is 0 Å². The second-order valence-electron chi connectivity index (χ2n) is 4.89. The van der Waals surface area contributed by atoms with Crippen molar-refractivity contribution in [3.63, 3.8) is 0 Å². The molecule has 0 bridgehead atoms. The van der Waals surface area contributed by atoms with E-state index in [2.05, 4.69) is 49.8 Å². The molecule has 2 rings (SSSR count). The molecule has 1 heterocycles. The molecule has 2 aromatic rings. The van der Waals surface area contributed by atoms with E-state index in [9.17, 15) is 0 Å². The van der Waals surface area contributed by atoms with E-state index in [1.807, 2.05) is 6.92 Å². The van der Waals surface area contributed by atoms with E-state index < -0.39 is 0 Å². The largest absolute Gasteiger partial charge is 0.335 e. The monoisotopic (exact) mass is 258 g/mol. The summed E-state index contributed by atoms with van der Waals surface area (Å²) in [6.45, 7) is 10.6. The smallest absolute Gasteiger partial charge is 0.197 e. The summed E-state index contributed by atoms with van der Waals surface area (Å²) >= 11 is 5.17. The predicted octanol–water partition coefficient (Wildman–Crippen LogP) is 4.35. The lowest BCUT2D eigenvalue weighted by atomic mass is 9.92. The van der Waals surface area contributed by atoms with Gasteiger partial charge in [-0.05, 0) is 75.2 Å². The first-order chi connectivity index (χ1) is 8.40. The molecular weight excluding hydrogens is 240 g/mol. The van der Waals surface area contributed by atoms with Crippen molar-refractivity contribution in [2.45, 2.75) is 34.6 Å². The van der Waals surface area contributed by atoms with Gasteiger partial charge in [0.15, 0.2) is 4.77 Å². The Balaban J connectivity index is 2.82. The van der Waals surface area contributed by atoms with Gasteiger partial charge in [-0.2, -0.15) is 0 Å². The van der Waals surface area contributed by atoms with Crippen LogP contribution in [0.1, 0.15) is 27.9 Å². The summed E-state index contributed by atoms with van der Waals surface area (Å²) in [6, 6.07) is 4.29. The summed E-state index contributed by atoms with van der Waals surface area (Å²) < 4.78 is 0.544. The molecule has 1 aromatic heterocycles. The van der Waals surface area contributed by atoms with E-state index in [0.29, 0.717) is 4.77 Å². The second kappa shape index (κ2) is 4.65. The summed E-state index contributed by atoms with van der Waals surface area (Å²) in [5.74, 6) is 0. The maximum atomic E-state index is 5.17. The molecule has 0 atom stereocenters. The average molecular weight is 258 g/mol. The minimum atomic E-state index is 0.544. The van der Waals surface area contributed by atoms with E-state index in [0.717, 1.165) is 11.4 Å². The van der Waals surface area contributed by atoms with Crippen LogP contribution in [-0.4, -0.2) is 9.97 Å². The number of nitrogens with one attached hydrogen (secondary N) is 1. The summed E-state index contributed by atoms with van der Waals surface area (Å²) in [7, 11) is 0. The molecule has 0 amide bonds. The van der Waals surface area contributed by atoms with E-state index in [-0.39, 0.29) is 0 Å². The molecule has 3 heteroatoms. The Bertz CT molecular complexity index is 643. The van der Waals surface area contributed by atoms with Crippen LogP contribution in [0.2, 0.25) is 0 Å². The zero-order valence-corrected chi connectivity index (χ0v) is 12.3. The summed E-state index contributed by atoms with van der Waals surface area (Å²) in [5, 5.41) is 0.